The number of aliphatic carboxylic acids is 1. The number of nitrogens with zero attached hydrogens (tertiary/aromatic N) is 2. The number of carbonyl (C=O) groups is 1. The Morgan fingerprint density at radius 2 is 2.24 bits per heavy atom. The SMILES string of the molecule is O=C(O)Cn1ccc(-c2ccc(OC(F)F)c(OC3CCOC3)c2)n1. The van der Waals surface area contributed by atoms with Gasteiger partial charge in [-0.2, -0.15) is 13.9 Å². The lowest BCUT2D eigenvalue weighted by Crippen LogP contribution is -2.17. The highest BCUT2D eigenvalue weighted by Gasteiger charge is 2.21. The normalized spacial score (nSPS) is 17.0. The Balaban J connectivity index is 1.86. The second kappa shape index (κ2) is 7.47. The molecule has 0 saturated carbocycles. The van der Waals surface area contributed by atoms with Crippen molar-refractivity contribution in [2.75, 3.05) is 13.2 Å². The molecule has 0 radical (unpaired) electrons. The summed E-state index contributed by atoms with van der Waals surface area (Å²) in [6, 6.07) is 6.11. The number of carboxylic acid groups (broad SMARTS) is 1. The third-order valence-corrected chi connectivity index (χ3v) is 3.57. The molecule has 25 heavy (non-hydrogen) atoms. The summed E-state index contributed by atoms with van der Waals surface area (Å²) in [5.41, 5.74) is 1.09. The highest BCUT2D eigenvalue weighted by molar-refractivity contribution is 5.67. The van der Waals surface area contributed by atoms with Crippen LogP contribution in [0.1, 0.15) is 6.42 Å². The molecule has 1 N–H and O–H groups in total. The number of ether oxygens (including phenoxy) is 3. The molecule has 7 nitrogen and oxygen atoms in total. The van der Waals surface area contributed by atoms with Crippen molar-refractivity contribution >= 4 is 5.97 Å². The van der Waals surface area contributed by atoms with Crippen LogP contribution in [0.15, 0.2) is 30.5 Å². The molecule has 134 valence electrons. The van der Waals surface area contributed by atoms with Crippen molar-refractivity contribution < 1.29 is 32.9 Å². The second-order valence-electron chi connectivity index (χ2n) is 5.44. The molecule has 1 aromatic heterocycles. The summed E-state index contributed by atoms with van der Waals surface area (Å²) >= 11 is 0. The van der Waals surface area contributed by atoms with Crippen molar-refractivity contribution in [2.24, 2.45) is 0 Å². The van der Waals surface area contributed by atoms with Gasteiger partial charge in [-0.05, 0) is 24.3 Å². The van der Waals surface area contributed by atoms with E-state index in [2.05, 4.69) is 9.84 Å². The number of halogens is 2. The minimum atomic E-state index is -2.97. The first kappa shape index (κ1) is 17.2. The van der Waals surface area contributed by atoms with Gasteiger partial charge in [0.05, 0.1) is 18.9 Å². The van der Waals surface area contributed by atoms with Gasteiger partial charge in [-0.15, -0.1) is 0 Å². The summed E-state index contributed by atoms with van der Waals surface area (Å²) in [4.78, 5) is 10.7. The molecule has 2 heterocycles. The predicted molar refractivity (Wildman–Crippen MR) is 81.8 cm³/mol. The highest BCUT2D eigenvalue weighted by Crippen LogP contribution is 2.34. The molecule has 9 heteroatoms. The van der Waals surface area contributed by atoms with Crippen LogP contribution < -0.4 is 9.47 Å². The molecule has 1 unspecified atom stereocenters. The predicted octanol–water partition coefficient (Wildman–Crippen LogP) is 2.40. The summed E-state index contributed by atoms with van der Waals surface area (Å²) in [6.07, 6.45) is 1.95. The van der Waals surface area contributed by atoms with Gasteiger partial charge in [-0.25, -0.2) is 0 Å². The summed E-state index contributed by atoms with van der Waals surface area (Å²) in [7, 11) is 0. The van der Waals surface area contributed by atoms with E-state index in [1.807, 2.05) is 0 Å². The number of aromatic nitrogens is 2. The van der Waals surface area contributed by atoms with Crippen LogP contribution >= 0.6 is 0 Å². The molecule has 2 aromatic rings. The average molecular weight is 354 g/mol. The zero-order valence-electron chi connectivity index (χ0n) is 13.1. The standard InChI is InChI=1S/C16H16F2N2O5/c17-16(18)25-13-2-1-10(7-14(13)24-11-4-6-23-9-11)12-3-5-20(19-12)8-15(21)22/h1-3,5,7,11,16H,4,6,8-9H2,(H,21,22). The maximum absolute atomic E-state index is 12.6. The van der Waals surface area contributed by atoms with Crippen molar-refractivity contribution in [1.29, 1.82) is 0 Å². The van der Waals surface area contributed by atoms with Crippen LogP contribution in [-0.2, 0) is 16.1 Å². The van der Waals surface area contributed by atoms with E-state index in [0.717, 1.165) is 0 Å². The van der Waals surface area contributed by atoms with Crippen LogP contribution in [0.5, 0.6) is 11.5 Å². The van der Waals surface area contributed by atoms with Crippen molar-refractivity contribution in [3.05, 3.63) is 30.5 Å². The van der Waals surface area contributed by atoms with Gasteiger partial charge in [0.25, 0.3) is 0 Å². The molecule has 1 saturated heterocycles. The van der Waals surface area contributed by atoms with Gasteiger partial charge >= 0.3 is 12.6 Å². The second-order valence-corrected chi connectivity index (χ2v) is 5.44. The lowest BCUT2D eigenvalue weighted by Gasteiger charge is -2.16. The van der Waals surface area contributed by atoms with Crippen LogP contribution in [0.2, 0.25) is 0 Å². The van der Waals surface area contributed by atoms with Gasteiger partial charge in [0.1, 0.15) is 12.6 Å². The lowest BCUT2D eigenvalue weighted by molar-refractivity contribution is -0.137. The third kappa shape index (κ3) is 4.44. The van der Waals surface area contributed by atoms with Gasteiger partial charge in [0, 0.05) is 18.2 Å². The van der Waals surface area contributed by atoms with Crippen LogP contribution in [0, 0.1) is 0 Å². The van der Waals surface area contributed by atoms with Crippen LogP contribution in [-0.4, -0.2) is 46.8 Å². The number of alkyl halides is 2. The Labute approximate surface area is 141 Å². The van der Waals surface area contributed by atoms with Crippen molar-refractivity contribution in [1.82, 2.24) is 9.78 Å². The van der Waals surface area contributed by atoms with E-state index in [1.165, 1.54) is 16.9 Å². The van der Waals surface area contributed by atoms with E-state index in [-0.39, 0.29) is 24.1 Å². The van der Waals surface area contributed by atoms with Crippen molar-refractivity contribution in [3.63, 3.8) is 0 Å². The Bertz CT molecular complexity index is 744. The van der Waals surface area contributed by atoms with E-state index in [9.17, 15) is 13.6 Å². The summed E-state index contributed by atoms with van der Waals surface area (Å²) in [5.74, 6) is -0.919. The van der Waals surface area contributed by atoms with E-state index in [1.54, 1.807) is 18.2 Å². The zero-order valence-corrected chi connectivity index (χ0v) is 13.1. The molecule has 0 spiro atoms. The smallest absolute Gasteiger partial charge is 0.387 e. The van der Waals surface area contributed by atoms with Gasteiger partial charge in [0.15, 0.2) is 11.5 Å². The Morgan fingerprint density at radius 3 is 2.92 bits per heavy atom. The van der Waals surface area contributed by atoms with Crippen molar-refractivity contribution in [2.45, 2.75) is 25.7 Å². The first-order valence-electron chi connectivity index (χ1n) is 7.60. The summed E-state index contributed by atoms with van der Waals surface area (Å²) in [6.45, 7) is -2.31. The maximum Gasteiger partial charge on any atom is 0.387 e. The van der Waals surface area contributed by atoms with E-state index < -0.39 is 12.6 Å². The molecule has 1 aliphatic heterocycles. The monoisotopic (exact) mass is 354 g/mol. The summed E-state index contributed by atoms with van der Waals surface area (Å²) in [5, 5.41) is 12.9. The fourth-order valence-electron chi connectivity index (χ4n) is 2.48. The quantitative estimate of drug-likeness (QED) is 0.822. The van der Waals surface area contributed by atoms with Crippen molar-refractivity contribution in [3.8, 4) is 22.8 Å². The van der Waals surface area contributed by atoms with Crippen LogP contribution in [0.3, 0.4) is 0 Å². The van der Waals surface area contributed by atoms with Gasteiger partial charge in [-0.1, -0.05) is 0 Å². The largest absolute Gasteiger partial charge is 0.484 e. The zero-order chi connectivity index (χ0) is 17.8. The fraction of sp³-hybridized carbons (Fsp3) is 0.375. The molecular weight excluding hydrogens is 338 g/mol. The van der Waals surface area contributed by atoms with E-state index >= 15 is 0 Å². The maximum atomic E-state index is 12.6. The fourth-order valence-corrected chi connectivity index (χ4v) is 2.48. The van der Waals surface area contributed by atoms with Gasteiger partial charge < -0.3 is 19.3 Å². The Hall–Kier alpha value is -2.68. The number of hydrogen-bond acceptors (Lipinski definition) is 5. The van der Waals surface area contributed by atoms with Crippen LogP contribution in [0.4, 0.5) is 8.78 Å². The first-order valence-corrected chi connectivity index (χ1v) is 7.60. The average Bonchev–Trinajstić information content (AvgIpc) is 3.20. The third-order valence-electron chi connectivity index (χ3n) is 3.57. The summed E-state index contributed by atoms with van der Waals surface area (Å²) < 4.78 is 41.9. The minimum absolute atomic E-state index is 0.0735. The van der Waals surface area contributed by atoms with Gasteiger partial charge in [-0.3, -0.25) is 9.48 Å². The number of hydrogen-bond donors (Lipinski definition) is 1. The number of rotatable bonds is 7. The van der Waals surface area contributed by atoms with E-state index in [0.29, 0.717) is 30.9 Å². The first-order chi connectivity index (χ1) is 12.0. The lowest BCUT2D eigenvalue weighted by atomic mass is 10.1. The van der Waals surface area contributed by atoms with Gasteiger partial charge in [0.2, 0.25) is 0 Å². The molecule has 0 amide bonds. The molecule has 1 atom stereocenters. The Kier molecular flexibility index (Phi) is 5.13. The molecule has 0 bridgehead atoms. The number of carboxylic acids is 1. The highest BCUT2D eigenvalue weighted by atomic mass is 19.3. The molecule has 1 fully saturated rings. The molecule has 1 aromatic carbocycles. The molecule has 1 aliphatic rings. The topological polar surface area (TPSA) is 82.8 Å². The number of benzene rings is 1. The minimum Gasteiger partial charge on any atom is -0.484 e. The van der Waals surface area contributed by atoms with Crippen LogP contribution in [0.25, 0.3) is 11.3 Å². The Morgan fingerprint density at radius 1 is 1.40 bits per heavy atom. The molecule has 3 rings (SSSR count). The van der Waals surface area contributed by atoms with E-state index in [4.69, 9.17) is 14.6 Å². The molecule has 0 aliphatic carbocycles. The molecular formula is C16H16F2N2O5.